The second kappa shape index (κ2) is 13.8. The van der Waals surface area contributed by atoms with E-state index in [0.29, 0.717) is 42.1 Å². The largest absolute Gasteiger partial charge is 0.493 e. The van der Waals surface area contributed by atoms with Crippen LogP contribution in [0, 0.1) is 11.8 Å². The van der Waals surface area contributed by atoms with E-state index in [0.717, 1.165) is 24.0 Å². The molecule has 4 rings (SSSR count). The van der Waals surface area contributed by atoms with Gasteiger partial charge in [0, 0.05) is 23.7 Å². The minimum absolute atomic E-state index is 0.330. The summed E-state index contributed by atoms with van der Waals surface area (Å²) in [7, 11) is 0. The van der Waals surface area contributed by atoms with E-state index in [9.17, 15) is 19.5 Å². The fourth-order valence-electron chi connectivity index (χ4n) is 6.00. The highest BCUT2D eigenvalue weighted by molar-refractivity contribution is 6.10. The normalized spacial score (nSPS) is 21.9. The Morgan fingerprint density at radius 2 is 1.40 bits per heavy atom. The summed E-state index contributed by atoms with van der Waals surface area (Å²) in [5.74, 6) is -4.18. The van der Waals surface area contributed by atoms with Gasteiger partial charge in [0.05, 0.1) is 18.1 Å². The van der Waals surface area contributed by atoms with Gasteiger partial charge in [-0.25, -0.2) is 0 Å². The number of unbranched alkanes of at least 4 members (excludes halogenated alkanes) is 1. The molecule has 0 aromatic heterocycles. The van der Waals surface area contributed by atoms with Gasteiger partial charge in [0.15, 0.2) is 0 Å². The fraction of sp³-hybridized carbons (Fsp3) is 0.400. The number of carbonyl (C=O) groups is 3. The first-order valence-corrected chi connectivity index (χ1v) is 15.0. The van der Waals surface area contributed by atoms with Gasteiger partial charge in [-0.2, -0.15) is 0 Å². The van der Waals surface area contributed by atoms with Crippen LogP contribution in [-0.4, -0.2) is 34.9 Å². The van der Waals surface area contributed by atoms with Crippen molar-refractivity contribution in [3.63, 3.8) is 0 Å². The molecular weight excluding hydrogens is 528 g/mol. The third-order valence-electron chi connectivity index (χ3n) is 8.18. The summed E-state index contributed by atoms with van der Waals surface area (Å²) in [5.41, 5.74) is 1.99. The van der Waals surface area contributed by atoms with E-state index in [1.165, 1.54) is 6.92 Å². The van der Waals surface area contributed by atoms with Crippen LogP contribution in [0.3, 0.4) is 0 Å². The number of para-hydroxylation sites is 3. The van der Waals surface area contributed by atoms with E-state index in [-0.39, 0.29) is 6.42 Å². The van der Waals surface area contributed by atoms with Crippen LogP contribution in [0.1, 0.15) is 69.6 Å². The van der Waals surface area contributed by atoms with Crippen LogP contribution < -0.4 is 15.4 Å². The molecule has 0 aliphatic heterocycles. The molecule has 0 radical (unpaired) electrons. The molecule has 1 aliphatic carbocycles. The topological polar surface area (TPSA) is 105 Å². The van der Waals surface area contributed by atoms with Crippen LogP contribution in [0.5, 0.6) is 5.75 Å². The van der Waals surface area contributed by atoms with Gasteiger partial charge in [0.25, 0.3) is 0 Å². The van der Waals surface area contributed by atoms with E-state index >= 15 is 0 Å². The average Bonchev–Trinajstić information content (AvgIpc) is 2.97. The lowest BCUT2D eigenvalue weighted by atomic mass is 9.61. The molecule has 0 heterocycles. The predicted octanol–water partition coefficient (Wildman–Crippen LogP) is 6.31. The SMILES string of the molecule is CCCCOc1ccccc1C1C(C(=O)Nc2ccccc2CC)C(=O)CC(C)(O)C1C(=O)Nc1ccccc1CC. The number of aryl methyl sites for hydroxylation is 2. The zero-order chi connectivity index (χ0) is 30.3. The van der Waals surface area contributed by atoms with Gasteiger partial charge >= 0.3 is 0 Å². The molecule has 1 fully saturated rings. The first-order valence-electron chi connectivity index (χ1n) is 15.0. The number of nitrogens with one attached hydrogen (secondary N) is 2. The van der Waals surface area contributed by atoms with Crippen molar-refractivity contribution >= 4 is 29.0 Å². The monoisotopic (exact) mass is 570 g/mol. The van der Waals surface area contributed by atoms with Crippen molar-refractivity contribution in [3.05, 3.63) is 89.5 Å². The number of anilines is 2. The summed E-state index contributed by atoms with van der Waals surface area (Å²) < 4.78 is 6.14. The highest BCUT2D eigenvalue weighted by atomic mass is 16.5. The maximum atomic E-state index is 14.2. The molecule has 222 valence electrons. The number of ether oxygens (including phenoxy) is 1. The minimum Gasteiger partial charge on any atom is -0.493 e. The third kappa shape index (κ3) is 6.73. The number of hydrogen-bond acceptors (Lipinski definition) is 5. The molecule has 1 aliphatic rings. The van der Waals surface area contributed by atoms with Crippen LogP contribution >= 0.6 is 0 Å². The van der Waals surface area contributed by atoms with Crippen LogP contribution in [0.4, 0.5) is 11.4 Å². The number of hydrogen-bond donors (Lipinski definition) is 3. The summed E-state index contributed by atoms with van der Waals surface area (Å²) in [5, 5.41) is 17.7. The van der Waals surface area contributed by atoms with Gasteiger partial charge in [0.1, 0.15) is 17.5 Å². The fourth-order valence-corrected chi connectivity index (χ4v) is 6.00. The van der Waals surface area contributed by atoms with E-state index < -0.39 is 41.0 Å². The zero-order valence-corrected chi connectivity index (χ0v) is 25.0. The molecule has 7 nitrogen and oxygen atoms in total. The van der Waals surface area contributed by atoms with Crippen molar-refractivity contribution < 1.29 is 24.2 Å². The Bertz CT molecular complexity index is 1420. The number of aliphatic hydroxyl groups is 1. The molecule has 4 atom stereocenters. The first kappa shape index (κ1) is 31.0. The van der Waals surface area contributed by atoms with E-state index in [1.54, 1.807) is 18.2 Å². The molecule has 42 heavy (non-hydrogen) atoms. The van der Waals surface area contributed by atoms with Crippen molar-refractivity contribution in [2.45, 2.75) is 71.3 Å². The van der Waals surface area contributed by atoms with Crippen molar-refractivity contribution in [2.75, 3.05) is 17.2 Å². The number of amides is 2. The third-order valence-corrected chi connectivity index (χ3v) is 8.18. The van der Waals surface area contributed by atoms with Gasteiger partial charge in [0.2, 0.25) is 11.8 Å². The Kier molecular flexibility index (Phi) is 10.2. The van der Waals surface area contributed by atoms with Crippen LogP contribution in [0.15, 0.2) is 72.8 Å². The minimum atomic E-state index is -1.71. The van der Waals surface area contributed by atoms with Gasteiger partial charge < -0.3 is 20.5 Å². The molecular formula is C35H42N2O5. The van der Waals surface area contributed by atoms with Gasteiger partial charge in [-0.15, -0.1) is 0 Å². The second-order valence-corrected chi connectivity index (χ2v) is 11.2. The van der Waals surface area contributed by atoms with Crippen molar-refractivity contribution in [2.24, 2.45) is 11.8 Å². The summed E-state index contributed by atoms with van der Waals surface area (Å²) in [6.45, 7) is 8.02. The molecule has 0 spiro atoms. The maximum absolute atomic E-state index is 14.2. The van der Waals surface area contributed by atoms with E-state index in [2.05, 4.69) is 17.6 Å². The molecule has 3 N–H and O–H groups in total. The van der Waals surface area contributed by atoms with Crippen molar-refractivity contribution in [3.8, 4) is 5.75 Å². The maximum Gasteiger partial charge on any atom is 0.235 e. The highest BCUT2D eigenvalue weighted by Crippen LogP contribution is 2.49. The number of carbonyl (C=O) groups excluding carboxylic acids is 3. The summed E-state index contributed by atoms with van der Waals surface area (Å²) >= 11 is 0. The smallest absolute Gasteiger partial charge is 0.235 e. The Morgan fingerprint density at radius 3 is 2.00 bits per heavy atom. The van der Waals surface area contributed by atoms with Crippen LogP contribution in [0.25, 0.3) is 0 Å². The van der Waals surface area contributed by atoms with Crippen molar-refractivity contribution in [1.29, 1.82) is 0 Å². The van der Waals surface area contributed by atoms with Crippen LogP contribution in [-0.2, 0) is 27.2 Å². The van der Waals surface area contributed by atoms with E-state index in [1.807, 2.05) is 68.4 Å². The molecule has 3 aromatic rings. The molecule has 0 saturated heterocycles. The zero-order valence-electron chi connectivity index (χ0n) is 25.0. The van der Waals surface area contributed by atoms with Gasteiger partial charge in [-0.05, 0) is 61.1 Å². The molecule has 0 bridgehead atoms. The Morgan fingerprint density at radius 1 is 0.857 bits per heavy atom. The molecule has 4 unspecified atom stereocenters. The van der Waals surface area contributed by atoms with Crippen molar-refractivity contribution in [1.82, 2.24) is 0 Å². The predicted molar refractivity (Wildman–Crippen MR) is 166 cm³/mol. The lowest BCUT2D eigenvalue weighted by Gasteiger charge is -2.44. The number of rotatable bonds is 11. The lowest BCUT2D eigenvalue weighted by Crippen LogP contribution is -2.56. The number of Topliss-reactive ketones (excluding diaryl/α,β-unsaturated/α-hetero) is 1. The summed E-state index contributed by atoms with van der Waals surface area (Å²) in [6.07, 6.45) is 2.83. The van der Waals surface area contributed by atoms with Gasteiger partial charge in [-0.3, -0.25) is 14.4 Å². The molecule has 2 amide bonds. The first-order chi connectivity index (χ1) is 20.2. The molecule has 1 saturated carbocycles. The standard InChI is InChI=1S/C35H42N2O5/c1-5-8-21-42-29-20-14-11-17-25(29)30-31(33(39)36-26-18-12-9-15-23(26)6-2)28(38)22-35(4,41)32(30)34(40)37-27-19-13-10-16-24(27)7-3/h9-20,30-32,41H,5-8,21-22H2,1-4H3,(H,36,39)(H,37,40). The Labute approximate surface area is 248 Å². The number of benzene rings is 3. The van der Waals surface area contributed by atoms with Crippen LogP contribution in [0.2, 0.25) is 0 Å². The molecule has 7 heteroatoms. The van der Waals surface area contributed by atoms with E-state index in [4.69, 9.17) is 4.74 Å². The van der Waals surface area contributed by atoms with Gasteiger partial charge in [-0.1, -0.05) is 81.8 Å². The summed E-state index contributed by atoms with van der Waals surface area (Å²) in [4.78, 5) is 42.0. The Balaban J connectivity index is 1.83. The molecule has 3 aromatic carbocycles. The quantitative estimate of drug-likeness (QED) is 0.185. The summed E-state index contributed by atoms with van der Waals surface area (Å²) in [6, 6.07) is 22.2. The Hall–Kier alpha value is -3.97. The lowest BCUT2D eigenvalue weighted by molar-refractivity contribution is -0.150. The average molecular weight is 571 g/mol. The second-order valence-electron chi connectivity index (χ2n) is 11.2. The number of ketones is 1. The highest BCUT2D eigenvalue weighted by Gasteiger charge is 2.56.